The summed E-state index contributed by atoms with van der Waals surface area (Å²) in [6, 6.07) is 4.93. The van der Waals surface area contributed by atoms with Crippen molar-refractivity contribution in [3.63, 3.8) is 0 Å². The van der Waals surface area contributed by atoms with Gasteiger partial charge < -0.3 is 10.5 Å². The number of nitrogens with two attached hydrogens (primary N) is 1. The second kappa shape index (κ2) is 5.77. The van der Waals surface area contributed by atoms with E-state index in [1.807, 2.05) is 6.07 Å². The van der Waals surface area contributed by atoms with Crippen LogP contribution in [0.2, 0.25) is 0 Å². The van der Waals surface area contributed by atoms with Crippen molar-refractivity contribution in [3.8, 4) is 0 Å². The fourth-order valence-corrected chi connectivity index (χ4v) is 2.62. The molecule has 1 saturated heterocycles. The molecule has 1 aliphatic rings. The molecule has 6 heteroatoms. The summed E-state index contributed by atoms with van der Waals surface area (Å²) in [7, 11) is 0. The van der Waals surface area contributed by atoms with Gasteiger partial charge in [0.2, 0.25) is 0 Å². The first kappa shape index (κ1) is 13.5. The average Bonchev–Trinajstić information content (AvgIpc) is 2.39. The van der Waals surface area contributed by atoms with Crippen LogP contribution >= 0.6 is 15.9 Å². The zero-order valence-corrected chi connectivity index (χ0v) is 11.4. The van der Waals surface area contributed by atoms with Gasteiger partial charge in [0.05, 0.1) is 9.40 Å². The van der Waals surface area contributed by atoms with E-state index in [1.54, 1.807) is 12.1 Å². The third-order valence-electron chi connectivity index (χ3n) is 3.33. The predicted molar refractivity (Wildman–Crippen MR) is 71.3 cm³/mol. The molecule has 0 aromatic heterocycles. The molecule has 1 aromatic rings. The summed E-state index contributed by atoms with van der Waals surface area (Å²) in [5.41, 5.74) is 7.08. The number of rotatable bonds is 3. The van der Waals surface area contributed by atoms with Gasteiger partial charge in [-0.1, -0.05) is 6.07 Å². The lowest BCUT2D eigenvalue weighted by atomic mass is 9.88. The smallest absolute Gasteiger partial charge is 0.283 e. The van der Waals surface area contributed by atoms with Crippen LogP contribution in [-0.2, 0) is 4.74 Å². The van der Waals surface area contributed by atoms with Gasteiger partial charge in [-0.15, -0.1) is 0 Å². The number of nitro benzene ring substituents is 1. The average molecular weight is 315 g/mol. The number of benzene rings is 1. The first-order valence-corrected chi connectivity index (χ1v) is 6.66. The quantitative estimate of drug-likeness (QED) is 0.687. The first-order chi connectivity index (χ1) is 8.59. The van der Waals surface area contributed by atoms with Crippen LogP contribution in [0.4, 0.5) is 5.69 Å². The summed E-state index contributed by atoms with van der Waals surface area (Å²) in [6.07, 6.45) is 1.82. The Morgan fingerprint density at radius 3 is 2.72 bits per heavy atom. The molecule has 1 aliphatic heterocycles. The summed E-state index contributed by atoms with van der Waals surface area (Å²) in [5.74, 6) is 0.333. The molecule has 1 fully saturated rings. The van der Waals surface area contributed by atoms with Crippen molar-refractivity contribution in [1.82, 2.24) is 0 Å². The van der Waals surface area contributed by atoms with Gasteiger partial charge in [-0.2, -0.15) is 0 Å². The summed E-state index contributed by atoms with van der Waals surface area (Å²) < 4.78 is 5.78. The van der Waals surface area contributed by atoms with Crippen molar-refractivity contribution in [2.24, 2.45) is 11.7 Å². The van der Waals surface area contributed by atoms with Crippen molar-refractivity contribution in [2.45, 2.75) is 18.9 Å². The molecule has 1 atom stereocenters. The molecule has 0 amide bonds. The van der Waals surface area contributed by atoms with Crippen LogP contribution in [0.1, 0.15) is 24.4 Å². The Labute approximate surface area is 114 Å². The van der Waals surface area contributed by atoms with Gasteiger partial charge in [0.1, 0.15) is 0 Å². The molecule has 0 bridgehead atoms. The molecular weight excluding hydrogens is 300 g/mol. The minimum Gasteiger partial charge on any atom is -0.381 e. The van der Waals surface area contributed by atoms with Crippen molar-refractivity contribution in [1.29, 1.82) is 0 Å². The molecule has 1 aromatic carbocycles. The molecule has 2 N–H and O–H groups in total. The first-order valence-electron chi connectivity index (χ1n) is 5.86. The molecule has 0 radical (unpaired) electrons. The highest BCUT2D eigenvalue weighted by atomic mass is 79.9. The van der Waals surface area contributed by atoms with Gasteiger partial charge in [0, 0.05) is 25.3 Å². The zero-order chi connectivity index (χ0) is 13.1. The second-order valence-corrected chi connectivity index (χ2v) is 5.30. The van der Waals surface area contributed by atoms with Crippen molar-refractivity contribution in [3.05, 3.63) is 38.3 Å². The van der Waals surface area contributed by atoms with E-state index < -0.39 is 4.92 Å². The zero-order valence-electron chi connectivity index (χ0n) is 9.84. The molecule has 1 heterocycles. The van der Waals surface area contributed by atoms with Gasteiger partial charge in [-0.25, -0.2) is 0 Å². The van der Waals surface area contributed by atoms with Crippen LogP contribution in [0.25, 0.3) is 0 Å². The Hall–Kier alpha value is -0.980. The van der Waals surface area contributed by atoms with Crippen molar-refractivity contribution >= 4 is 21.6 Å². The van der Waals surface area contributed by atoms with E-state index in [2.05, 4.69) is 15.9 Å². The number of hydrogen-bond donors (Lipinski definition) is 1. The molecule has 98 valence electrons. The lowest BCUT2D eigenvalue weighted by molar-refractivity contribution is -0.385. The second-order valence-electron chi connectivity index (χ2n) is 4.44. The van der Waals surface area contributed by atoms with E-state index in [9.17, 15) is 10.1 Å². The number of halogens is 1. The number of ether oxygens (including phenoxy) is 1. The highest BCUT2D eigenvalue weighted by Crippen LogP contribution is 2.32. The van der Waals surface area contributed by atoms with Crippen LogP contribution < -0.4 is 5.73 Å². The maximum absolute atomic E-state index is 10.9. The molecule has 0 unspecified atom stereocenters. The maximum Gasteiger partial charge on any atom is 0.283 e. The monoisotopic (exact) mass is 314 g/mol. The van der Waals surface area contributed by atoms with Crippen molar-refractivity contribution in [2.75, 3.05) is 13.2 Å². The fourth-order valence-electron chi connectivity index (χ4n) is 2.22. The topological polar surface area (TPSA) is 78.4 Å². The van der Waals surface area contributed by atoms with E-state index in [0.717, 1.165) is 31.6 Å². The Bertz CT molecular complexity index is 447. The van der Waals surface area contributed by atoms with Crippen LogP contribution in [-0.4, -0.2) is 18.1 Å². The van der Waals surface area contributed by atoms with Gasteiger partial charge in [-0.3, -0.25) is 10.1 Å². The Kier molecular flexibility index (Phi) is 4.31. The van der Waals surface area contributed by atoms with Crippen LogP contribution in [0.3, 0.4) is 0 Å². The van der Waals surface area contributed by atoms with E-state index in [0.29, 0.717) is 10.4 Å². The summed E-state index contributed by atoms with van der Waals surface area (Å²) >= 11 is 3.17. The largest absolute Gasteiger partial charge is 0.381 e. The Balaban J connectivity index is 2.21. The van der Waals surface area contributed by atoms with E-state index in [1.165, 1.54) is 0 Å². The predicted octanol–water partition coefficient (Wildman–Crippen LogP) is 2.78. The maximum atomic E-state index is 10.9. The van der Waals surface area contributed by atoms with Gasteiger partial charge in [0.15, 0.2) is 0 Å². The molecule has 0 saturated carbocycles. The van der Waals surface area contributed by atoms with Gasteiger partial charge in [-0.05, 0) is 46.3 Å². The van der Waals surface area contributed by atoms with Crippen molar-refractivity contribution < 1.29 is 9.66 Å². The van der Waals surface area contributed by atoms with Gasteiger partial charge >= 0.3 is 0 Å². The van der Waals surface area contributed by atoms with Gasteiger partial charge in [0.25, 0.3) is 5.69 Å². The molecule has 5 nitrogen and oxygen atoms in total. The summed E-state index contributed by atoms with van der Waals surface area (Å²) in [6.45, 7) is 1.44. The van der Waals surface area contributed by atoms with E-state index in [-0.39, 0.29) is 11.7 Å². The third kappa shape index (κ3) is 2.88. The van der Waals surface area contributed by atoms with Crippen LogP contribution in [0.5, 0.6) is 0 Å². The summed E-state index contributed by atoms with van der Waals surface area (Å²) in [5, 5.41) is 10.9. The SMILES string of the molecule is N[C@H](c1ccc(Br)c([N+](=O)[O-])c1)C1CCOCC1. The minimum atomic E-state index is -0.399. The highest BCUT2D eigenvalue weighted by Gasteiger charge is 2.24. The Morgan fingerprint density at radius 1 is 1.44 bits per heavy atom. The number of nitro groups is 1. The fraction of sp³-hybridized carbons (Fsp3) is 0.500. The Morgan fingerprint density at radius 2 is 2.11 bits per heavy atom. The standard InChI is InChI=1S/C12H15BrN2O3/c13-10-2-1-9(7-11(10)15(16)17)12(14)8-3-5-18-6-4-8/h1-2,7-8,12H,3-6,14H2/t12-/m0/s1. The highest BCUT2D eigenvalue weighted by molar-refractivity contribution is 9.10. The van der Waals surface area contributed by atoms with Crippen LogP contribution in [0.15, 0.2) is 22.7 Å². The third-order valence-corrected chi connectivity index (χ3v) is 4.00. The molecule has 2 rings (SSSR count). The number of hydrogen-bond acceptors (Lipinski definition) is 4. The lowest BCUT2D eigenvalue weighted by Crippen LogP contribution is -2.27. The molecule has 0 spiro atoms. The molecule has 0 aliphatic carbocycles. The number of nitrogens with zero attached hydrogens (tertiary/aromatic N) is 1. The molecular formula is C12H15BrN2O3. The van der Waals surface area contributed by atoms with E-state index >= 15 is 0 Å². The minimum absolute atomic E-state index is 0.0648. The molecule has 18 heavy (non-hydrogen) atoms. The lowest BCUT2D eigenvalue weighted by Gasteiger charge is -2.27. The summed E-state index contributed by atoms with van der Waals surface area (Å²) in [4.78, 5) is 10.5. The van der Waals surface area contributed by atoms with E-state index in [4.69, 9.17) is 10.5 Å². The normalized spacial score (nSPS) is 18.6. The van der Waals surface area contributed by atoms with Crippen LogP contribution in [0, 0.1) is 16.0 Å².